The van der Waals surface area contributed by atoms with Gasteiger partial charge in [-0.1, -0.05) is 0 Å². The molecule has 0 bridgehead atoms. The zero-order chi connectivity index (χ0) is 15.2. The van der Waals surface area contributed by atoms with Crippen LogP contribution in [0.25, 0.3) is 0 Å². The fourth-order valence-corrected chi connectivity index (χ4v) is 3.22. The summed E-state index contributed by atoms with van der Waals surface area (Å²) < 4.78 is 0. The number of nitrogens with zero attached hydrogens (tertiary/aromatic N) is 3. The lowest BCUT2D eigenvalue weighted by Gasteiger charge is -2.16. The van der Waals surface area contributed by atoms with E-state index in [1.807, 2.05) is 11.0 Å². The molecule has 1 aromatic rings. The lowest BCUT2D eigenvalue weighted by Crippen LogP contribution is -2.30. The highest BCUT2D eigenvalue weighted by Crippen LogP contribution is 2.13. The Morgan fingerprint density at radius 3 is 3.09 bits per heavy atom. The lowest BCUT2D eigenvalue weighted by atomic mass is 10.1. The maximum atomic E-state index is 11.5. The number of nitrogens with one attached hydrogen (secondary N) is 2. The number of anilines is 1. The Hall–Kier alpha value is -1.69. The van der Waals surface area contributed by atoms with Crippen LogP contribution in [0.1, 0.15) is 37.8 Å². The Kier molecular flexibility index (Phi) is 5.21. The van der Waals surface area contributed by atoms with Crippen molar-refractivity contribution in [2.45, 2.75) is 44.6 Å². The van der Waals surface area contributed by atoms with Gasteiger partial charge in [-0.25, -0.2) is 9.97 Å². The van der Waals surface area contributed by atoms with Crippen LogP contribution in [0.4, 0.5) is 5.82 Å². The molecular formula is C16H25N5O. The molecule has 6 heteroatoms. The Balaban J connectivity index is 1.43. The van der Waals surface area contributed by atoms with Crippen molar-refractivity contribution in [2.24, 2.45) is 0 Å². The molecule has 2 aliphatic heterocycles. The van der Waals surface area contributed by atoms with Gasteiger partial charge in [-0.05, 0) is 38.6 Å². The highest BCUT2D eigenvalue weighted by Gasteiger charge is 2.19. The summed E-state index contributed by atoms with van der Waals surface area (Å²) in [6, 6.07) is 2.67. The van der Waals surface area contributed by atoms with E-state index in [0.717, 1.165) is 57.0 Å². The molecule has 120 valence electrons. The molecule has 6 nitrogen and oxygen atoms in total. The quantitative estimate of drug-likeness (QED) is 0.792. The molecule has 1 unspecified atom stereocenters. The summed E-state index contributed by atoms with van der Waals surface area (Å²) in [5, 5.41) is 6.81. The standard InChI is InChI=1S/C16H25N5O/c22-16-4-2-9-21(16)10-8-18-15-11-14(19-12-20-15)6-5-13-3-1-7-17-13/h11-13,17H,1-10H2,(H,18,19,20). The second-order valence-electron chi connectivity index (χ2n) is 6.14. The van der Waals surface area contributed by atoms with Crippen LogP contribution < -0.4 is 10.6 Å². The molecule has 0 radical (unpaired) electrons. The van der Waals surface area contributed by atoms with Crippen LogP contribution in [0, 0.1) is 0 Å². The maximum Gasteiger partial charge on any atom is 0.222 e. The summed E-state index contributed by atoms with van der Waals surface area (Å²) in [6.45, 7) is 3.54. The highest BCUT2D eigenvalue weighted by atomic mass is 16.2. The second kappa shape index (κ2) is 7.54. The van der Waals surface area contributed by atoms with Gasteiger partial charge in [0.05, 0.1) is 0 Å². The lowest BCUT2D eigenvalue weighted by molar-refractivity contribution is -0.127. The fourth-order valence-electron chi connectivity index (χ4n) is 3.22. The van der Waals surface area contributed by atoms with Crippen molar-refractivity contribution in [3.8, 4) is 0 Å². The number of hydrogen-bond acceptors (Lipinski definition) is 5. The predicted octanol–water partition coefficient (Wildman–Crippen LogP) is 1.20. The van der Waals surface area contributed by atoms with Crippen LogP contribution in [-0.4, -0.2) is 53.0 Å². The largest absolute Gasteiger partial charge is 0.368 e. The number of aromatic nitrogens is 2. The average Bonchev–Trinajstić information content (AvgIpc) is 3.18. The number of carbonyl (C=O) groups is 1. The third kappa shape index (κ3) is 4.16. The third-order valence-electron chi connectivity index (χ3n) is 4.49. The summed E-state index contributed by atoms with van der Waals surface area (Å²) in [4.78, 5) is 22.1. The van der Waals surface area contributed by atoms with E-state index in [1.165, 1.54) is 12.8 Å². The first-order valence-corrected chi connectivity index (χ1v) is 8.37. The number of likely N-dealkylation sites (tertiary alicyclic amines) is 1. The van der Waals surface area contributed by atoms with Crippen LogP contribution in [0.5, 0.6) is 0 Å². The summed E-state index contributed by atoms with van der Waals surface area (Å²) in [7, 11) is 0. The molecule has 0 aromatic carbocycles. The minimum atomic E-state index is 0.272. The van der Waals surface area contributed by atoms with E-state index in [-0.39, 0.29) is 5.91 Å². The summed E-state index contributed by atoms with van der Waals surface area (Å²) in [5.41, 5.74) is 1.09. The summed E-state index contributed by atoms with van der Waals surface area (Å²) in [5.74, 6) is 1.13. The zero-order valence-electron chi connectivity index (χ0n) is 13.1. The van der Waals surface area contributed by atoms with Crippen LogP contribution in [0.15, 0.2) is 12.4 Å². The number of hydrogen-bond donors (Lipinski definition) is 2. The van der Waals surface area contributed by atoms with Crippen molar-refractivity contribution in [1.82, 2.24) is 20.2 Å². The van der Waals surface area contributed by atoms with E-state index in [4.69, 9.17) is 0 Å². The molecular weight excluding hydrogens is 278 g/mol. The van der Waals surface area contributed by atoms with E-state index >= 15 is 0 Å². The number of aryl methyl sites for hydroxylation is 1. The first kappa shape index (κ1) is 15.2. The molecule has 1 aromatic heterocycles. The van der Waals surface area contributed by atoms with Crippen LogP contribution in [0.2, 0.25) is 0 Å². The van der Waals surface area contributed by atoms with E-state index in [9.17, 15) is 4.79 Å². The number of rotatable bonds is 7. The Morgan fingerprint density at radius 1 is 1.36 bits per heavy atom. The van der Waals surface area contributed by atoms with Crippen LogP contribution in [-0.2, 0) is 11.2 Å². The van der Waals surface area contributed by atoms with Gasteiger partial charge < -0.3 is 15.5 Å². The van der Waals surface area contributed by atoms with Gasteiger partial charge in [-0.2, -0.15) is 0 Å². The Bertz CT molecular complexity index is 501. The van der Waals surface area contributed by atoms with Gasteiger partial charge in [0.25, 0.3) is 0 Å². The minimum Gasteiger partial charge on any atom is -0.368 e. The van der Waals surface area contributed by atoms with Crippen molar-refractivity contribution in [3.63, 3.8) is 0 Å². The molecule has 2 saturated heterocycles. The Labute approximate surface area is 131 Å². The van der Waals surface area contributed by atoms with Crippen molar-refractivity contribution in [1.29, 1.82) is 0 Å². The van der Waals surface area contributed by atoms with E-state index in [2.05, 4.69) is 20.6 Å². The molecule has 2 N–H and O–H groups in total. The Morgan fingerprint density at radius 2 is 2.32 bits per heavy atom. The minimum absolute atomic E-state index is 0.272. The average molecular weight is 303 g/mol. The topological polar surface area (TPSA) is 70.2 Å². The SMILES string of the molecule is O=C1CCCN1CCNc1cc(CCC2CCCN2)ncn1. The smallest absolute Gasteiger partial charge is 0.222 e. The van der Waals surface area contributed by atoms with Crippen LogP contribution >= 0.6 is 0 Å². The van der Waals surface area contributed by atoms with Crippen molar-refractivity contribution in [3.05, 3.63) is 18.1 Å². The molecule has 3 rings (SSSR count). The summed E-state index contributed by atoms with van der Waals surface area (Å²) in [6.07, 6.45) is 8.01. The zero-order valence-corrected chi connectivity index (χ0v) is 13.1. The van der Waals surface area contributed by atoms with Crippen molar-refractivity contribution in [2.75, 3.05) is 31.5 Å². The monoisotopic (exact) mass is 303 g/mol. The van der Waals surface area contributed by atoms with Gasteiger partial charge >= 0.3 is 0 Å². The van der Waals surface area contributed by atoms with Gasteiger partial charge in [0.2, 0.25) is 5.91 Å². The molecule has 2 aliphatic rings. The summed E-state index contributed by atoms with van der Waals surface area (Å²) >= 11 is 0. The predicted molar refractivity (Wildman–Crippen MR) is 85.7 cm³/mol. The second-order valence-corrected chi connectivity index (χ2v) is 6.14. The number of carbonyl (C=O) groups excluding carboxylic acids is 1. The van der Waals surface area contributed by atoms with Gasteiger partial charge in [-0.3, -0.25) is 4.79 Å². The molecule has 0 spiro atoms. The van der Waals surface area contributed by atoms with E-state index < -0.39 is 0 Å². The molecule has 1 atom stereocenters. The van der Waals surface area contributed by atoms with Crippen molar-refractivity contribution >= 4 is 11.7 Å². The fraction of sp³-hybridized carbons (Fsp3) is 0.688. The molecule has 3 heterocycles. The molecule has 0 saturated carbocycles. The van der Waals surface area contributed by atoms with Gasteiger partial charge in [0.1, 0.15) is 12.1 Å². The first-order chi connectivity index (χ1) is 10.8. The molecule has 0 aliphatic carbocycles. The first-order valence-electron chi connectivity index (χ1n) is 8.37. The van der Waals surface area contributed by atoms with Crippen LogP contribution in [0.3, 0.4) is 0 Å². The van der Waals surface area contributed by atoms with Crippen molar-refractivity contribution < 1.29 is 4.79 Å². The third-order valence-corrected chi connectivity index (χ3v) is 4.49. The maximum absolute atomic E-state index is 11.5. The number of amides is 1. The van der Waals surface area contributed by atoms with E-state index in [1.54, 1.807) is 6.33 Å². The van der Waals surface area contributed by atoms with Gasteiger partial charge in [-0.15, -0.1) is 0 Å². The van der Waals surface area contributed by atoms with E-state index in [0.29, 0.717) is 12.5 Å². The highest BCUT2D eigenvalue weighted by molar-refractivity contribution is 5.78. The normalized spacial score (nSPS) is 21.5. The molecule has 1 amide bonds. The molecule has 2 fully saturated rings. The van der Waals surface area contributed by atoms with Gasteiger partial charge in [0.15, 0.2) is 0 Å². The molecule has 22 heavy (non-hydrogen) atoms. The van der Waals surface area contributed by atoms with Gasteiger partial charge in [0, 0.05) is 43.9 Å².